The highest BCUT2D eigenvalue weighted by atomic mass is 16.6. The van der Waals surface area contributed by atoms with Gasteiger partial charge in [0.15, 0.2) is 0 Å². The normalized spacial score (nSPS) is 38.2. The molecule has 0 aromatic rings. The van der Waals surface area contributed by atoms with Crippen LogP contribution in [0.2, 0.25) is 0 Å². The number of hydrogen-bond acceptors (Lipinski definition) is 4. The number of rotatable bonds is 2. The van der Waals surface area contributed by atoms with Crippen LogP contribution in [0.15, 0.2) is 0 Å². The highest BCUT2D eigenvalue weighted by Crippen LogP contribution is 2.52. The van der Waals surface area contributed by atoms with Crippen molar-refractivity contribution in [3.05, 3.63) is 0 Å². The van der Waals surface area contributed by atoms with E-state index in [1.807, 2.05) is 0 Å². The third-order valence-corrected chi connectivity index (χ3v) is 4.92. The quantitative estimate of drug-likeness (QED) is 0.723. The molecule has 19 heavy (non-hydrogen) atoms. The summed E-state index contributed by atoms with van der Waals surface area (Å²) in [7, 11) is 0. The number of hydrogen-bond donors (Lipinski definition) is 0. The molecule has 4 nitrogen and oxygen atoms in total. The zero-order valence-corrected chi connectivity index (χ0v) is 12.1. The van der Waals surface area contributed by atoms with Crippen LogP contribution in [0.5, 0.6) is 0 Å². The number of ether oxygens (including phenoxy) is 2. The summed E-state index contributed by atoms with van der Waals surface area (Å²) in [6.45, 7) is 5.05. The summed E-state index contributed by atoms with van der Waals surface area (Å²) in [4.78, 5) is 22.7. The molecule has 0 aromatic heterocycles. The lowest BCUT2D eigenvalue weighted by Crippen LogP contribution is -2.55. The van der Waals surface area contributed by atoms with Gasteiger partial charge in [0.25, 0.3) is 0 Å². The Labute approximate surface area is 114 Å². The van der Waals surface area contributed by atoms with Crippen LogP contribution >= 0.6 is 0 Å². The molecule has 0 saturated heterocycles. The first-order valence-corrected chi connectivity index (χ1v) is 7.29. The van der Waals surface area contributed by atoms with Crippen molar-refractivity contribution in [2.75, 3.05) is 0 Å². The van der Waals surface area contributed by atoms with Crippen molar-refractivity contribution in [3.8, 4) is 0 Å². The molecule has 2 rings (SSSR count). The smallest absolute Gasteiger partial charge is 0.302 e. The lowest BCUT2D eigenvalue weighted by atomic mass is 9.57. The first-order valence-electron chi connectivity index (χ1n) is 7.29. The molecule has 2 saturated carbocycles. The molecule has 2 atom stereocenters. The number of fused-ring (bicyclic) bond motifs is 1. The minimum absolute atomic E-state index is 0.117. The van der Waals surface area contributed by atoms with Gasteiger partial charge in [0.2, 0.25) is 0 Å². The van der Waals surface area contributed by atoms with Crippen LogP contribution in [0.3, 0.4) is 0 Å². The maximum absolute atomic E-state index is 11.3. The van der Waals surface area contributed by atoms with E-state index in [-0.39, 0.29) is 29.6 Å². The van der Waals surface area contributed by atoms with Crippen molar-refractivity contribution in [1.82, 2.24) is 0 Å². The van der Waals surface area contributed by atoms with Gasteiger partial charge in [-0.2, -0.15) is 0 Å². The van der Waals surface area contributed by atoms with E-state index in [0.717, 1.165) is 38.5 Å². The van der Waals surface area contributed by atoms with Crippen LogP contribution in [-0.4, -0.2) is 24.1 Å². The fourth-order valence-electron chi connectivity index (χ4n) is 3.99. The van der Waals surface area contributed by atoms with Crippen LogP contribution < -0.4 is 0 Å². The van der Waals surface area contributed by atoms with E-state index in [9.17, 15) is 9.59 Å². The van der Waals surface area contributed by atoms with Crippen molar-refractivity contribution in [1.29, 1.82) is 0 Å². The van der Waals surface area contributed by atoms with Gasteiger partial charge >= 0.3 is 11.9 Å². The van der Waals surface area contributed by atoms with Crippen LogP contribution in [0.1, 0.15) is 59.3 Å². The second kappa shape index (κ2) is 5.51. The van der Waals surface area contributed by atoms with Crippen molar-refractivity contribution >= 4 is 11.9 Å². The van der Waals surface area contributed by atoms with Crippen molar-refractivity contribution in [3.63, 3.8) is 0 Å². The zero-order valence-electron chi connectivity index (χ0n) is 12.1. The topological polar surface area (TPSA) is 52.6 Å². The molecule has 4 heteroatoms. The Morgan fingerprint density at radius 2 is 1.32 bits per heavy atom. The largest absolute Gasteiger partial charge is 0.462 e. The first kappa shape index (κ1) is 14.4. The maximum Gasteiger partial charge on any atom is 0.302 e. The summed E-state index contributed by atoms with van der Waals surface area (Å²) >= 11 is 0. The highest BCUT2D eigenvalue weighted by Gasteiger charge is 2.54. The molecular formula is C15H24O4. The molecule has 2 aliphatic rings. The average molecular weight is 268 g/mol. The highest BCUT2D eigenvalue weighted by molar-refractivity contribution is 5.67. The lowest BCUT2D eigenvalue weighted by Gasteiger charge is -2.52. The number of carbonyl (C=O) groups is 2. The third-order valence-electron chi connectivity index (χ3n) is 4.92. The maximum atomic E-state index is 11.3. The fourth-order valence-corrected chi connectivity index (χ4v) is 3.99. The van der Waals surface area contributed by atoms with Crippen molar-refractivity contribution in [2.24, 2.45) is 11.3 Å². The van der Waals surface area contributed by atoms with Crippen molar-refractivity contribution < 1.29 is 19.1 Å². The van der Waals surface area contributed by atoms with Gasteiger partial charge < -0.3 is 9.47 Å². The van der Waals surface area contributed by atoms with Gasteiger partial charge in [0.1, 0.15) is 12.2 Å². The standard InChI is InChI=1S/C15H24O4/c1-10(16)18-13-8-4-6-12-7-5-9-14(15(12,13)3)19-11(2)17/h12-14H,4-9H2,1-3H3. The van der Waals surface area contributed by atoms with Gasteiger partial charge in [0.05, 0.1) is 0 Å². The van der Waals surface area contributed by atoms with Crippen molar-refractivity contribution in [2.45, 2.75) is 71.5 Å². The summed E-state index contributed by atoms with van der Waals surface area (Å²) in [5, 5.41) is 0. The van der Waals surface area contributed by atoms with Gasteiger partial charge in [0, 0.05) is 19.3 Å². The number of esters is 2. The molecule has 0 aromatic carbocycles. The first-order chi connectivity index (χ1) is 8.94. The Hall–Kier alpha value is -1.06. The average Bonchev–Trinajstić information content (AvgIpc) is 2.30. The Balaban J connectivity index is 2.24. The lowest BCUT2D eigenvalue weighted by molar-refractivity contribution is -0.193. The van der Waals surface area contributed by atoms with Crippen LogP contribution in [0, 0.1) is 11.3 Å². The molecule has 0 spiro atoms. The zero-order chi connectivity index (χ0) is 14.0. The van der Waals surface area contributed by atoms with E-state index >= 15 is 0 Å². The predicted molar refractivity (Wildman–Crippen MR) is 70.4 cm³/mol. The Bertz CT molecular complexity index is 333. The SMILES string of the molecule is CC(=O)OC1CCCC2CCCC(OC(C)=O)C21C. The van der Waals surface area contributed by atoms with E-state index in [1.54, 1.807) is 0 Å². The second-order valence-corrected chi connectivity index (χ2v) is 6.12. The van der Waals surface area contributed by atoms with Crippen LogP contribution in [-0.2, 0) is 19.1 Å². The minimum Gasteiger partial charge on any atom is -0.462 e. The molecule has 2 fully saturated rings. The van der Waals surface area contributed by atoms with Gasteiger partial charge in [-0.25, -0.2) is 0 Å². The molecule has 0 aliphatic heterocycles. The molecule has 0 amide bonds. The summed E-state index contributed by atoms with van der Waals surface area (Å²) in [5.74, 6) is 0.0155. The van der Waals surface area contributed by atoms with E-state index in [4.69, 9.17) is 9.47 Å². The molecule has 0 radical (unpaired) electrons. The monoisotopic (exact) mass is 268 g/mol. The fraction of sp³-hybridized carbons (Fsp3) is 0.867. The van der Waals surface area contributed by atoms with Crippen LogP contribution in [0.4, 0.5) is 0 Å². The molecule has 0 N–H and O–H groups in total. The molecule has 2 aliphatic carbocycles. The Morgan fingerprint density at radius 1 is 0.895 bits per heavy atom. The van der Waals surface area contributed by atoms with Gasteiger partial charge in [-0.3, -0.25) is 9.59 Å². The molecule has 2 unspecified atom stereocenters. The van der Waals surface area contributed by atoms with E-state index in [0.29, 0.717) is 5.92 Å². The minimum atomic E-state index is -0.237. The van der Waals surface area contributed by atoms with Gasteiger partial charge in [-0.15, -0.1) is 0 Å². The molecule has 108 valence electrons. The van der Waals surface area contributed by atoms with Crippen LogP contribution in [0.25, 0.3) is 0 Å². The summed E-state index contributed by atoms with van der Waals surface area (Å²) in [5.41, 5.74) is -0.214. The van der Waals surface area contributed by atoms with E-state index in [2.05, 4.69) is 6.92 Å². The van der Waals surface area contributed by atoms with Gasteiger partial charge in [-0.05, 0) is 44.4 Å². The van der Waals surface area contributed by atoms with E-state index in [1.165, 1.54) is 13.8 Å². The Kier molecular flexibility index (Phi) is 4.16. The van der Waals surface area contributed by atoms with E-state index < -0.39 is 0 Å². The molecule has 0 heterocycles. The molecule has 0 bridgehead atoms. The molecular weight excluding hydrogens is 244 g/mol. The second-order valence-electron chi connectivity index (χ2n) is 6.12. The third kappa shape index (κ3) is 2.77. The Morgan fingerprint density at radius 3 is 1.68 bits per heavy atom. The summed E-state index contributed by atoms with van der Waals surface area (Å²) in [6.07, 6.45) is 5.99. The summed E-state index contributed by atoms with van der Waals surface area (Å²) < 4.78 is 11.1. The summed E-state index contributed by atoms with van der Waals surface area (Å²) in [6, 6.07) is 0. The van der Waals surface area contributed by atoms with Gasteiger partial charge in [-0.1, -0.05) is 6.92 Å². The number of carbonyl (C=O) groups excluding carboxylic acids is 2. The predicted octanol–water partition coefficient (Wildman–Crippen LogP) is 2.84.